The van der Waals surface area contributed by atoms with Crippen molar-refractivity contribution in [1.82, 2.24) is 0 Å². The van der Waals surface area contributed by atoms with Gasteiger partial charge in [-0.1, -0.05) is 148 Å². The van der Waals surface area contributed by atoms with Crippen LogP contribution >= 0.6 is 0 Å². The molecule has 0 aromatic carbocycles. The lowest BCUT2D eigenvalue weighted by atomic mass is 9.99. The second-order valence-corrected chi connectivity index (χ2v) is 11.3. The normalized spacial score (nSPS) is 24.1. The zero-order valence-electron chi connectivity index (χ0n) is 24.2. The van der Waals surface area contributed by atoms with E-state index in [1.807, 2.05) is 0 Å². The minimum absolute atomic E-state index is 0.426. The van der Waals surface area contributed by atoms with E-state index in [0.717, 1.165) is 12.8 Å². The molecule has 0 saturated carbocycles. The first-order valence-corrected chi connectivity index (χ1v) is 16.0. The van der Waals surface area contributed by atoms with Gasteiger partial charge in [-0.15, -0.1) is 0 Å². The molecular weight excluding hydrogens is 468 g/mol. The maximum Gasteiger partial charge on any atom is 0.186 e. The average Bonchev–Trinajstić information content (AvgIpc) is 2.91. The van der Waals surface area contributed by atoms with Crippen LogP contribution in [0.5, 0.6) is 0 Å². The minimum Gasteiger partial charge on any atom is -0.394 e. The number of ether oxygens (including phenoxy) is 2. The highest BCUT2D eigenvalue weighted by Gasteiger charge is 2.43. The first-order valence-electron chi connectivity index (χ1n) is 16.0. The summed E-state index contributed by atoms with van der Waals surface area (Å²) in [4.78, 5) is 0. The Morgan fingerprint density at radius 1 is 0.486 bits per heavy atom. The van der Waals surface area contributed by atoms with Gasteiger partial charge in [0.05, 0.1) is 6.61 Å². The van der Waals surface area contributed by atoms with Crippen molar-refractivity contribution in [3.05, 3.63) is 0 Å². The van der Waals surface area contributed by atoms with Crippen LogP contribution in [0.15, 0.2) is 0 Å². The lowest BCUT2D eigenvalue weighted by Crippen LogP contribution is -2.59. The van der Waals surface area contributed by atoms with Gasteiger partial charge in [0.2, 0.25) is 0 Å². The molecule has 4 N–H and O–H groups in total. The third-order valence-corrected chi connectivity index (χ3v) is 7.88. The van der Waals surface area contributed by atoms with Crippen molar-refractivity contribution in [1.29, 1.82) is 0 Å². The topological polar surface area (TPSA) is 99.4 Å². The van der Waals surface area contributed by atoms with Gasteiger partial charge < -0.3 is 29.9 Å². The molecular formula is C31H62O6. The Bertz CT molecular complexity index is 475. The predicted octanol–water partition coefficient (Wildman–Crippen LogP) is 6.80. The summed E-state index contributed by atoms with van der Waals surface area (Å²) in [7, 11) is 0. The zero-order chi connectivity index (χ0) is 27.0. The van der Waals surface area contributed by atoms with E-state index in [1.54, 1.807) is 0 Å². The molecule has 1 fully saturated rings. The van der Waals surface area contributed by atoms with Crippen LogP contribution in [-0.2, 0) is 9.47 Å². The van der Waals surface area contributed by atoms with Crippen molar-refractivity contribution in [2.24, 2.45) is 0 Å². The second-order valence-electron chi connectivity index (χ2n) is 11.3. The first-order chi connectivity index (χ1) is 18.1. The summed E-state index contributed by atoms with van der Waals surface area (Å²) in [6, 6.07) is 0. The molecule has 1 aliphatic rings. The molecule has 0 spiro atoms. The van der Waals surface area contributed by atoms with Crippen molar-refractivity contribution in [2.45, 2.75) is 185 Å². The largest absolute Gasteiger partial charge is 0.394 e. The Morgan fingerprint density at radius 2 is 0.838 bits per heavy atom. The number of aliphatic hydroxyl groups is 4. The van der Waals surface area contributed by atoms with Crippen LogP contribution in [0, 0.1) is 0 Å². The molecule has 0 unspecified atom stereocenters. The van der Waals surface area contributed by atoms with Crippen LogP contribution in [0.1, 0.15) is 155 Å². The molecule has 5 atom stereocenters. The highest BCUT2D eigenvalue weighted by molar-refractivity contribution is 4.88. The SMILES string of the molecule is CCCCCCCCCCCCCCCCCCCCCCCCCO[C@H]1O[C@H](CO)[C@@H](O)[C@H](O)[C@H]1O. The number of hydrogen-bond acceptors (Lipinski definition) is 6. The smallest absolute Gasteiger partial charge is 0.186 e. The fraction of sp³-hybridized carbons (Fsp3) is 1.00. The van der Waals surface area contributed by atoms with Crippen molar-refractivity contribution in [3.63, 3.8) is 0 Å². The number of rotatable bonds is 26. The maximum atomic E-state index is 9.96. The van der Waals surface area contributed by atoms with Gasteiger partial charge in [-0.2, -0.15) is 0 Å². The summed E-state index contributed by atoms with van der Waals surface area (Å²) in [5.41, 5.74) is 0. The van der Waals surface area contributed by atoms with Crippen LogP contribution < -0.4 is 0 Å². The van der Waals surface area contributed by atoms with Crippen LogP contribution in [0.3, 0.4) is 0 Å². The van der Waals surface area contributed by atoms with Crippen LogP contribution in [0.4, 0.5) is 0 Å². The van der Waals surface area contributed by atoms with Gasteiger partial charge in [-0.25, -0.2) is 0 Å². The summed E-state index contributed by atoms with van der Waals surface area (Å²) in [5, 5.41) is 38.7. The lowest BCUT2D eigenvalue weighted by molar-refractivity contribution is -0.301. The number of hydrogen-bond donors (Lipinski definition) is 4. The van der Waals surface area contributed by atoms with Gasteiger partial charge >= 0.3 is 0 Å². The van der Waals surface area contributed by atoms with Crippen LogP contribution in [0.2, 0.25) is 0 Å². The van der Waals surface area contributed by atoms with Gasteiger partial charge in [0, 0.05) is 6.61 Å². The summed E-state index contributed by atoms with van der Waals surface area (Å²) in [6.45, 7) is 2.29. The summed E-state index contributed by atoms with van der Waals surface area (Å²) in [6.07, 6.45) is 25.2. The van der Waals surface area contributed by atoms with E-state index in [4.69, 9.17) is 9.47 Å². The van der Waals surface area contributed by atoms with Gasteiger partial charge in [-0.05, 0) is 6.42 Å². The highest BCUT2D eigenvalue weighted by Crippen LogP contribution is 2.22. The molecule has 0 radical (unpaired) electrons. The third-order valence-electron chi connectivity index (χ3n) is 7.88. The molecule has 37 heavy (non-hydrogen) atoms. The van der Waals surface area contributed by atoms with Gasteiger partial charge in [-0.3, -0.25) is 0 Å². The molecule has 1 saturated heterocycles. The predicted molar refractivity (Wildman–Crippen MR) is 152 cm³/mol. The molecule has 1 aliphatic heterocycles. The monoisotopic (exact) mass is 530 g/mol. The maximum absolute atomic E-state index is 9.96. The van der Waals surface area contributed by atoms with E-state index in [2.05, 4.69) is 6.92 Å². The number of aliphatic hydroxyl groups excluding tert-OH is 4. The molecule has 222 valence electrons. The van der Waals surface area contributed by atoms with Crippen molar-refractivity contribution in [3.8, 4) is 0 Å². The molecule has 0 amide bonds. The molecule has 1 rings (SSSR count). The van der Waals surface area contributed by atoms with Gasteiger partial charge in [0.25, 0.3) is 0 Å². The fourth-order valence-electron chi connectivity index (χ4n) is 5.29. The van der Waals surface area contributed by atoms with Crippen LogP contribution in [0.25, 0.3) is 0 Å². The van der Waals surface area contributed by atoms with E-state index in [-0.39, 0.29) is 0 Å². The molecule has 0 bridgehead atoms. The van der Waals surface area contributed by atoms with E-state index < -0.39 is 37.3 Å². The minimum atomic E-state index is -1.37. The van der Waals surface area contributed by atoms with E-state index >= 15 is 0 Å². The Labute approximate surface area is 228 Å². The highest BCUT2D eigenvalue weighted by atomic mass is 16.7. The molecule has 0 aromatic rings. The first kappa shape index (κ1) is 34.8. The summed E-state index contributed by atoms with van der Waals surface area (Å²) < 4.78 is 10.9. The van der Waals surface area contributed by atoms with Crippen LogP contribution in [-0.4, -0.2) is 64.3 Å². The summed E-state index contributed by atoms with van der Waals surface area (Å²) in [5.74, 6) is 0. The Hall–Kier alpha value is -0.240. The van der Waals surface area contributed by atoms with Crippen molar-refractivity contribution in [2.75, 3.05) is 13.2 Å². The Balaban J connectivity index is 1.75. The molecule has 6 nitrogen and oxygen atoms in total. The third kappa shape index (κ3) is 17.9. The lowest BCUT2D eigenvalue weighted by Gasteiger charge is -2.39. The van der Waals surface area contributed by atoms with E-state index in [1.165, 1.54) is 135 Å². The standard InChI is InChI=1S/C31H62O6/c1-2-3-4-5-6-7-8-9-10-11-12-13-14-15-16-17-18-19-20-21-22-23-24-25-36-31-30(35)29(34)28(33)27(26-32)37-31/h27-35H,2-26H2,1H3/t27-,28-,29+,30-,31+/m1/s1. The fourth-order valence-corrected chi connectivity index (χ4v) is 5.29. The second kappa shape index (κ2) is 24.8. The molecule has 1 heterocycles. The van der Waals surface area contributed by atoms with Gasteiger partial charge in [0.1, 0.15) is 24.4 Å². The van der Waals surface area contributed by atoms with E-state index in [0.29, 0.717) is 6.61 Å². The molecule has 6 heteroatoms. The van der Waals surface area contributed by atoms with E-state index in [9.17, 15) is 20.4 Å². The summed E-state index contributed by atoms with van der Waals surface area (Å²) >= 11 is 0. The van der Waals surface area contributed by atoms with Crippen molar-refractivity contribution < 1.29 is 29.9 Å². The Morgan fingerprint density at radius 3 is 1.19 bits per heavy atom. The zero-order valence-corrected chi connectivity index (χ0v) is 24.2. The van der Waals surface area contributed by atoms with Gasteiger partial charge in [0.15, 0.2) is 6.29 Å². The molecule has 0 aliphatic carbocycles. The number of unbranched alkanes of at least 4 members (excludes halogenated alkanes) is 22. The van der Waals surface area contributed by atoms with Crippen molar-refractivity contribution >= 4 is 0 Å². The average molecular weight is 531 g/mol. The Kier molecular flexibility index (Phi) is 23.3. The molecule has 0 aromatic heterocycles. The quantitative estimate of drug-likeness (QED) is 0.0919.